The van der Waals surface area contributed by atoms with E-state index in [-0.39, 0.29) is 11.7 Å². The van der Waals surface area contributed by atoms with Gasteiger partial charge in [0.25, 0.3) is 0 Å². The van der Waals surface area contributed by atoms with Crippen molar-refractivity contribution in [3.8, 4) is 16.9 Å². The van der Waals surface area contributed by atoms with Gasteiger partial charge in [0, 0.05) is 36.1 Å². The van der Waals surface area contributed by atoms with Crippen molar-refractivity contribution >= 4 is 17.2 Å². The topological polar surface area (TPSA) is 41.9 Å². The van der Waals surface area contributed by atoms with Crippen LogP contribution in [0.3, 0.4) is 0 Å². The summed E-state index contributed by atoms with van der Waals surface area (Å²) in [7, 11) is 1.67. The zero-order valence-electron chi connectivity index (χ0n) is 24.0. The summed E-state index contributed by atoms with van der Waals surface area (Å²) in [5.41, 5.74) is 3.63. The lowest BCUT2D eigenvalue weighted by Gasteiger charge is -2.43. The smallest absolute Gasteiger partial charge is 0.416 e. The molecule has 1 saturated carbocycles. The maximum absolute atomic E-state index is 13.6. The summed E-state index contributed by atoms with van der Waals surface area (Å²) in [6, 6.07) is 19.2. The van der Waals surface area contributed by atoms with Gasteiger partial charge in [-0.3, -0.25) is 9.79 Å². The number of fused-ring (bicyclic) bond motifs is 1. The maximum atomic E-state index is 13.6. The predicted molar refractivity (Wildman–Crippen MR) is 160 cm³/mol. The fourth-order valence-electron chi connectivity index (χ4n) is 6.83. The number of benzene rings is 3. The predicted octanol–water partition coefficient (Wildman–Crippen LogP) is 8.75. The lowest BCUT2D eigenvalue weighted by atomic mass is 9.79. The minimum atomic E-state index is -4.40. The van der Waals surface area contributed by atoms with Crippen LogP contribution in [0.25, 0.3) is 11.1 Å². The third-order valence-electron chi connectivity index (χ3n) is 9.33. The SMILES string of the molecule is COc1ccccc1C1=Nc2ccc(-c3ccc(C(F)(F)F)cc3)cc2C(=O)CCC1CC1CCCN(C2CCC2)C1. The van der Waals surface area contributed by atoms with Gasteiger partial charge in [-0.2, -0.15) is 13.2 Å². The molecule has 42 heavy (non-hydrogen) atoms. The van der Waals surface area contributed by atoms with Gasteiger partial charge >= 0.3 is 6.18 Å². The molecule has 0 N–H and O–H groups in total. The highest BCUT2D eigenvalue weighted by molar-refractivity contribution is 6.10. The van der Waals surface area contributed by atoms with E-state index in [0.29, 0.717) is 41.1 Å². The van der Waals surface area contributed by atoms with E-state index in [1.807, 2.05) is 36.4 Å². The maximum Gasteiger partial charge on any atom is 0.416 e. The Morgan fingerprint density at radius 3 is 2.38 bits per heavy atom. The number of methoxy groups -OCH3 is 1. The number of Topliss-reactive ketones (excluding diaryl/α,β-unsaturated/α-hetero) is 1. The van der Waals surface area contributed by atoms with E-state index >= 15 is 0 Å². The standard InChI is InChI=1S/C35H37F3N2O2/c1-42-33-10-3-2-9-29(33)34-26(20-23-6-5-19-40(22-23)28-7-4-8-28)14-18-32(41)30-21-25(13-17-31(30)39-34)24-11-15-27(16-12-24)35(36,37)38/h2-3,9-13,15-17,21,23,26,28H,4-8,14,18-20,22H2,1H3. The number of rotatable bonds is 6. The Balaban J connectivity index is 1.36. The first-order valence-corrected chi connectivity index (χ1v) is 15.1. The number of halogens is 3. The first-order chi connectivity index (χ1) is 20.3. The number of likely N-dealkylation sites (tertiary alicyclic amines) is 1. The van der Waals surface area contributed by atoms with Crippen LogP contribution in [0.1, 0.15) is 72.9 Å². The van der Waals surface area contributed by atoms with Gasteiger partial charge in [0.15, 0.2) is 5.78 Å². The molecule has 0 spiro atoms. The second kappa shape index (κ2) is 12.0. The van der Waals surface area contributed by atoms with E-state index in [1.165, 1.54) is 50.8 Å². The Morgan fingerprint density at radius 2 is 1.67 bits per heavy atom. The third-order valence-corrected chi connectivity index (χ3v) is 9.33. The van der Waals surface area contributed by atoms with Crippen LogP contribution in [0.4, 0.5) is 18.9 Å². The summed E-state index contributed by atoms with van der Waals surface area (Å²) in [6.07, 6.45) is 4.03. The molecule has 0 amide bonds. The highest BCUT2D eigenvalue weighted by atomic mass is 19.4. The molecule has 2 heterocycles. The fourth-order valence-corrected chi connectivity index (χ4v) is 6.83. The van der Waals surface area contributed by atoms with Crippen LogP contribution in [0.2, 0.25) is 0 Å². The second-order valence-electron chi connectivity index (χ2n) is 12.0. The van der Waals surface area contributed by atoms with Crippen molar-refractivity contribution in [1.29, 1.82) is 0 Å². The molecule has 0 bridgehead atoms. The van der Waals surface area contributed by atoms with Gasteiger partial charge in [-0.05, 0) is 98.5 Å². The molecule has 2 atom stereocenters. The zero-order chi connectivity index (χ0) is 29.3. The van der Waals surface area contributed by atoms with Crippen LogP contribution in [-0.2, 0) is 6.18 Å². The Kier molecular flexibility index (Phi) is 8.22. The summed E-state index contributed by atoms with van der Waals surface area (Å²) >= 11 is 0. The van der Waals surface area contributed by atoms with Crippen molar-refractivity contribution in [1.82, 2.24) is 4.90 Å². The summed E-state index contributed by atoms with van der Waals surface area (Å²) in [6.45, 7) is 2.30. The molecule has 2 aliphatic heterocycles. The van der Waals surface area contributed by atoms with Crippen LogP contribution in [0.15, 0.2) is 71.7 Å². The van der Waals surface area contributed by atoms with Crippen molar-refractivity contribution in [3.63, 3.8) is 0 Å². The normalized spacial score (nSPS) is 22.0. The van der Waals surface area contributed by atoms with Crippen LogP contribution in [0, 0.1) is 11.8 Å². The van der Waals surface area contributed by atoms with Crippen LogP contribution >= 0.6 is 0 Å². The second-order valence-corrected chi connectivity index (χ2v) is 12.0. The molecule has 3 aliphatic rings. The number of piperidine rings is 1. The van der Waals surface area contributed by atoms with Crippen LogP contribution < -0.4 is 4.74 Å². The van der Waals surface area contributed by atoms with Crippen molar-refractivity contribution in [2.75, 3.05) is 20.2 Å². The van der Waals surface area contributed by atoms with E-state index < -0.39 is 11.7 Å². The average Bonchev–Trinajstić information content (AvgIpc) is 2.96. The van der Waals surface area contributed by atoms with Gasteiger partial charge < -0.3 is 9.64 Å². The first-order valence-electron chi connectivity index (χ1n) is 15.1. The van der Waals surface area contributed by atoms with E-state index in [1.54, 1.807) is 13.2 Å². The summed E-state index contributed by atoms with van der Waals surface area (Å²) in [5.74, 6) is 1.45. The van der Waals surface area contributed by atoms with E-state index in [2.05, 4.69) is 4.90 Å². The minimum Gasteiger partial charge on any atom is -0.496 e. The third kappa shape index (κ3) is 6.03. The molecule has 1 aliphatic carbocycles. The first kappa shape index (κ1) is 28.7. The van der Waals surface area contributed by atoms with Crippen LogP contribution in [0.5, 0.6) is 5.75 Å². The summed E-state index contributed by atoms with van der Waals surface area (Å²) in [4.78, 5) is 21.4. The summed E-state index contributed by atoms with van der Waals surface area (Å²) in [5, 5.41) is 0. The monoisotopic (exact) mass is 574 g/mol. The number of hydrogen-bond donors (Lipinski definition) is 0. The number of hydrogen-bond acceptors (Lipinski definition) is 4. The number of para-hydroxylation sites is 1. The average molecular weight is 575 g/mol. The Hall–Kier alpha value is -3.45. The van der Waals surface area contributed by atoms with Crippen molar-refractivity contribution < 1.29 is 22.7 Å². The molecule has 4 nitrogen and oxygen atoms in total. The molecular formula is C35H37F3N2O2. The molecule has 2 fully saturated rings. The van der Waals surface area contributed by atoms with Gasteiger partial charge in [0.2, 0.25) is 0 Å². The Labute approximate surface area is 245 Å². The highest BCUT2D eigenvalue weighted by Gasteiger charge is 2.34. The number of alkyl halides is 3. The van der Waals surface area contributed by atoms with Crippen molar-refractivity contribution in [3.05, 3.63) is 83.4 Å². The minimum absolute atomic E-state index is 0.0197. The number of ketones is 1. The summed E-state index contributed by atoms with van der Waals surface area (Å²) < 4.78 is 45.0. The van der Waals surface area contributed by atoms with Crippen molar-refractivity contribution in [2.24, 2.45) is 16.8 Å². The lowest BCUT2D eigenvalue weighted by Crippen LogP contribution is -2.46. The van der Waals surface area contributed by atoms with E-state index in [4.69, 9.17) is 9.73 Å². The van der Waals surface area contributed by atoms with Crippen molar-refractivity contribution in [2.45, 2.75) is 63.6 Å². The molecular weight excluding hydrogens is 537 g/mol. The molecule has 220 valence electrons. The Bertz CT molecular complexity index is 1460. The molecule has 3 aromatic carbocycles. The lowest BCUT2D eigenvalue weighted by molar-refractivity contribution is -0.137. The molecule has 3 aromatic rings. The highest BCUT2D eigenvalue weighted by Crippen LogP contribution is 2.39. The fraction of sp³-hybridized carbons (Fsp3) is 0.429. The molecule has 1 saturated heterocycles. The van der Waals surface area contributed by atoms with Gasteiger partial charge in [0.05, 0.1) is 24.1 Å². The number of ether oxygens (including phenoxy) is 1. The van der Waals surface area contributed by atoms with Crippen LogP contribution in [-0.4, -0.2) is 42.6 Å². The molecule has 7 heteroatoms. The largest absolute Gasteiger partial charge is 0.496 e. The van der Waals surface area contributed by atoms with Gasteiger partial charge in [0.1, 0.15) is 5.75 Å². The van der Waals surface area contributed by atoms with Gasteiger partial charge in [-0.15, -0.1) is 0 Å². The number of nitrogens with zero attached hydrogens (tertiary/aromatic N) is 2. The quantitative estimate of drug-likeness (QED) is 0.296. The molecule has 0 radical (unpaired) electrons. The van der Waals surface area contributed by atoms with Gasteiger partial charge in [-0.1, -0.05) is 36.8 Å². The molecule has 2 unspecified atom stereocenters. The number of aliphatic imine (C=N–C) groups is 1. The Morgan fingerprint density at radius 1 is 0.905 bits per heavy atom. The molecule has 6 rings (SSSR count). The van der Waals surface area contributed by atoms with E-state index in [0.717, 1.165) is 48.2 Å². The molecule has 0 aromatic heterocycles. The number of carbonyl (C=O) groups is 1. The zero-order valence-corrected chi connectivity index (χ0v) is 24.0. The van der Waals surface area contributed by atoms with E-state index in [9.17, 15) is 18.0 Å². The number of carbonyl (C=O) groups excluding carboxylic acids is 1. The van der Waals surface area contributed by atoms with Gasteiger partial charge in [-0.25, -0.2) is 0 Å².